The minimum absolute atomic E-state index is 0.169. The highest BCUT2D eigenvalue weighted by atomic mass is 79.9. The van der Waals surface area contributed by atoms with Crippen LogP contribution in [0.1, 0.15) is 6.42 Å². The summed E-state index contributed by atoms with van der Waals surface area (Å²) in [6, 6.07) is 9.02. The highest BCUT2D eigenvalue weighted by Gasteiger charge is 2.66. The number of imide groups is 1. The molecule has 0 spiro atoms. The zero-order chi connectivity index (χ0) is 17.0. The fraction of sp³-hybridized carbons (Fsp3) is 0.471. The molecule has 24 heavy (non-hydrogen) atoms. The van der Waals surface area contributed by atoms with Crippen LogP contribution < -0.4 is 5.32 Å². The van der Waals surface area contributed by atoms with Crippen molar-refractivity contribution in [3.63, 3.8) is 0 Å². The number of nitrogens with zero attached hydrogens (tertiary/aromatic N) is 1. The van der Waals surface area contributed by atoms with E-state index in [2.05, 4.69) is 37.2 Å². The predicted molar refractivity (Wildman–Crippen MR) is 95.8 cm³/mol. The summed E-state index contributed by atoms with van der Waals surface area (Å²) in [5.41, 5.74) is 0.655. The van der Waals surface area contributed by atoms with E-state index in [-0.39, 0.29) is 57.6 Å². The summed E-state index contributed by atoms with van der Waals surface area (Å²) in [6.45, 7) is -0.209. The van der Waals surface area contributed by atoms with Gasteiger partial charge < -0.3 is 5.32 Å². The average Bonchev–Trinajstić information content (AvgIpc) is 3.16. The van der Waals surface area contributed by atoms with Gasteiger partial charge in [0.05, 0.1) is 11.8 Å². The van der Waals surface area contributed by atoms with Crippen molar-refractivity contribution in [2.75, 3.05) is 11.9 Å². The lowest BCUT2D eigenvalue weighted by molar-refractivity contribution is -0.143. The van der Waals surface area contributed by atoms with Gasteiger partial charge in [-0.05, 0) is 30.4 Å². The smallest absolute Gasteiger partial charge is 0.244 e. The Balaban J connectivity index is 1.49. The summed E-state index contributed by atoms with van der Waals surface area (Å²) in [6.07, 6.45) is 0.892. The quantitative estimate of drug-likeness (QED) is 0.562. The van der Waals surface area contributed by atoms with Crippen LogP contribution in [0.4, 0.5) is 5.69 Å². The zero-order valence-corrected chi connectivity index (χ0v) is 15.9. The van der Waals surface area contributed by atoms with Crippen molar-refractivity contribution in [1.29, 1.82) is 0 Å². The molecule has 1 saturated heterocycles. The molecule has 7 heteroatoms. The van der Waals surface area contributed by atoms with Crippen LogP contribution in [0.2, 0.25) is 0 Å². The lowest BCUT2D eigenvalue weighted by atomic mass is 9.81. The molecule has 3 fully saturated rings. The van der Waals surface area contributed by atoms with Gasteiger partial charge in [-0.25, -0.2) is 0 Å². The number of hydrogen-bond acceptors (Lipinski definition) is 3. The Morgan fingerprint density at radius 2 is 1.58 bits per heavy atom. The summed E-state index contributed by atoms with van der Waals surface area (Å²) in [5, 5.41) is 2.73. The molecule has 4 rings (SSSR count). The Morgan fingerprint density at radius 1 is 1.04 bits per heavy atom. The molecular formula is C17H16Br2N2O3. The van der Waals surface area contributed by atoms with E-state index in [0.717, 1.165) is 11.3 Å². The number of nitrogens with one attached hydrogen (secondary N) is 1. The number of carbonyl (C=O) groups is 3. The first-order chi connectivity index (χ1) is 11.5. The van der Waals surface area contributed by atoms with Crippen LogP contribution in [-0.2, 0) is 14.4 Å². The van der Waals surface area contributed by atoms with Crippen LogP contribution in [0.3, 0.4) is 0 Å². The van der Waals surface area contributed by atoms with Gasteiger partial charge in [-0.3, -0.25) is 19.3 Å². The van der Waals surface area contributed by atoms with Crippen molar-refractivity contribution in [2.24, 2.45) is 23.7 Å². The van der Waals surface area contributed by atoms with Gasteiger partial charge >= 0.3 is 0 Å². The molecule has 1 aromatic carbocycles. The maximum Gasteiger partial charge on any atom is 0.244 e. The third-order valence-electron chi connectivity index (χ3n) is 5.44. The standard InChI is InChI=1S/C17H16Br2N2O3/c18-14-9-6-10(15(14)19)13-12(9)16(23)21(17(13)24)7-11(22)20-8-4-2-1-3-5-8/h1-5,9-10,12-15H,6-7H2,(H,20,22)/t9-,10-,12-,13-,14+,15+/m1/s1. The molecule has 2 saturated carbocycles. The number of likely N-dealkylation sites (tertiary alicyclic amines) is 1. The van der Waals surface area contributed by atoms with Crippen molar-refractivity contribution in [2.45, 2.75) is 16.1 Å². The highest BCUT2D eigenvalue weighted by molar-refractivity contribution is 9.12. The molecule has 1 N–H and O–H groups in total. The fourth-order valence-corrected chi connectivity index (χ4v) is 6.31. The molecule has 2 aliphatic carbocycles. The number of fused-ring (bicyclic) bond motifs is 5. The number of amides is 3. The summed E-state index contributed by atoms with van der Waals surface area (Å²) in [5.74, 6) is -0.934. The largest absolute Gasteiger partial charge is 0.325 e. The number of halogens is 2. The number of para-hydroxylation sites is 1. The number of hydrogen-bond donors (Lipinski definition) is 1. The molecule has 6 atom stereocenters. The van der Waals surface area contributed by atoms with Crippen molar-refractivity contribution < 1.29 is 14.4 Å². The molecule has 0 unspecified atom stereocenters. The third kappa shape index (κ3) is 2.36. The van der Waals surface area contributed by atoms with E-state index in [1.54, 1.807) is 12.1 Å². The van der Waals surface area contributed by atoms with Crippen molar-refractivity contribution >= 4 is 55.3 Å². The maximum absolute atomic E-state index is 12.7. The van der Waals surface area contributed by atoms with Crippen molar-refractivity contribution in [1.82, 2.24) is 4.90 Å². The molecule has 0 aromatic heterocycles. The number of anilines is 1. The lowest BCUT2D eigenvalue weighted by Crippen LogP contribution is -2.39. The van der Waals surface area contributed by atoms with E-state index < -0.39 is 0 Å². The van der Waals surface area contributed by atoms with Gasteiger partial charge in [0.2, 0.25) is 17.7 Å². The minimum Gasteiger partial charge on any atom is -0.325 e. The zero-order valence-electron chi connectivity index (χ0n) is 12.7. The molecule has 3 amide bonds. The normalized spacial score (nSPS) is 37.0. The molecule has 0 radical (unpaired) electrons. The van der Waals surface area contributed by atoms with Gasteiger partial charge in [-0.15, -0.1) is 0 Å². The fourth-order valence-electron chi connectivity index (χ4n) is 4.43. The van der Waals surface area contributed by atoms with E-state index in [9.17, 15) is 14.4 Å². The van der Waals surface area contributed by atoms with Gasteiger partial charge in [0.15, 0.2) is 0 Å². The molecule has 3 aliphatic rings. The van der Waals surface area contributed by atoms with Crippen molar-refractivity contribution in [3.05, 3.63) is 30.3 Å². The first-order valence-electron chi connectivity index (χ1n) is 7.97. The van der Waals surface area contributed by atoms with Crippen LogP contribution in [0.5, 0.6) is 0 Å². The molecule has 1 aromatic rings. The number of rotatable bonds is 3. The van der Waals surface area contributed by atoms with Gasteiger partial charge in [-0.1, -0.05) is 50.1 Å². The van der Waals surface area contributed by atoms with Crippen LogP contribution in [-0.4, -0.2) is 38.8 Å². The molecule has 126 valence electrons. The monoisotopic (exact) mass is 454 g/mol. The molecule has 1 heterocycles. The number of alkyl halides is 2. The SMILES string of the molecule is O=C(CN1C(=O)[C@@H]2[C@H]3C[C@@H]([C@H](Br)[C@H]3Br)[C@H]2C1=O)Nc1ccccc1. The van der Waals surface area contributed by atoms with Crippen LogP contribution in [0.25, 0.3) is 0 Å². The summed E-state index contributed by atoms with van der Waals surface area (Å²) in [4.78, 5) is 39.2. The maximum atomic E-state index is 12.7. The Bertz CT molecular complexity index is 679. The lowest BCUT2D eigenvalue weighted by Gasteiger charge is -2.28. The van der Waals surface area contributed by atoms with Crippen LogP contribution in [0, 0.1) is 23.7 Å². The van der Waals surface area contributed by atoms with E-state index in [4.69, 9.17) is 0 Å². The predicted octanol–water partition coefficient (Wildman–Crippen LogP) is 2.40. The summed E-state index contributed by atoms with van der Waals surface area (Å²) >= 11 is 7.30. The van der Waals surface area contributed by atoms with Gasteiger partial charge in [-0.2, -0.15) is 0 Å². The molecular weight excluding hydrogens is 440 g/mol. The van der Waals surface area contributed by atoms with Gasteiger partial charge in [0, 0.05) is 15.3 Å². The Morgan fingerprint density at radius 3 is 2.12 bits per heavy atom. The number of benzene rings is 1. The van der Waals surface area contributed by atoms with Crippen LogP contribution >= 0.6 is 31.9 Å². The van der Waals surface area contributed by atoms with Gasteiger partial charge in [0.1, 0.15) is 6.54 Å². The third-order valence-corrected chi connectivity index (χ3v) is 8.64. The van der Waals surface area contributed by atoms with Crippen molar-refractivity contribution in [3.8, 4) is 0 Å². The summed E-state index contributed by atoms with van der Waals surface area (Å²) in [7, 11) is 0. The second-order valence-electron chi connectivity index (χ2n) is 6.68. The second kappa shape index (κ2) is 5.95. The topological polar surface area (TPSA) is 66.5 Å². The van der Waals surface area contributed by atoms with E-state index >= 15 is 0 Å². The van der Waals surface area contributed by atoms with E-state index in [0.29, 0.717) is 5.69 Å². The molecule has 2 bridgehead atoms. The van der Waals surface area contributed by atoms with Gasteiger partial charge in [0.25, 0.3) is 0 Å². The Hall–Kier alpha value is -1.21. The molecule has 5 nitrogen and oxygen atoms in total. The second-order valence-corrected chi connectivity index (χ2v) is 8.80. The first kappa shape index (κ1) is 16.3. The Labute approximate surface area is 156 Å². The average molecular weight is 456 g/mol. The van der Waals surface area contributed by atoms with E-state index in [1.807, 2.05) is 18.2 Å². The molecule has 1 aliphatic heterocycles. The Kier molecular flexibility index (Phi) is 4.03. The minimum atomic E-state index is -0.346. The van der Waals surface area contributed by atoms with Crippen LogP contribution in [0.15, 0.2) is 30.3 Å². The highest BCUT2D eigenvalue weighted by Crippen LogP contribution is 2.60. The summed E-state index contributed by atoms with van der Waals surface area (Å²) < 4.78 is 0. The van der Waals surface area contributed by atoms with E-state index in [1.165, 1.54) is 0 Å². The number of carbonyl (C=O) groups excluding carboxylic acids is 3. The first-order valence-corrected chi connectivity index (χ1v) is 9.80.